The van der Waals surface area contributed by atoms with Crippen LogP contribution >= 0.6 is 15.9 Å². The van der Waals surface area contributed by atoms with Crippen molar-refractivity contribution in [3.05, 3.63) is 57.5 Å². The van der Waals surface area contributed by atoms with Crippen molar-refractivity contribution in [2.75, 3.05) is 7.05 Å². The van der Waals surface area contributed by atoms with Gasteiger partial charge in [-0.05, 0) is 77.5 Å². The topological polar surface area (TPSA) is 25.2 Å². The van der Waals surface area contributed by atoms with Gasteiger partial charge in [0, 0.05) is 0 Å². The molecule has 1 aromatic heterocycles. The molecule has 1 aliphatic rings. The Morgan fingerprint density at radius 2 is 1.89 bits per heavy atom. The van der Waals surface area contributed by atoms with Gasteiger partial charge in [0.05, 0.1) is 6.04 Å². The zero-order chi connectivity index (χ0) is 13.2. The van der Waals surface area contributed by atoms with Crippen molar-refractivity contribution in [1.82, 2.24) is 5.32 Å². The van der Waals surface area contributed by atoms with Crippen LogP contribution in [0.4, 0.5) is 0 Å². The third-order valence-electron chi connectivity index (χ3n) is 3.87. The van der Waals surface area contributed by atoms with Crippen molar-refractivity contribution in [2.24, 2.45) is 0 Å². The standard InChI is InChI=1S/C16H18BrNO/c1-18-16(14-8-9-15(17)19-14)13-7-6-11-4-2-3-5-12(11)10-13/h6-10,16,18H,2-5H2,1H3. The predicted octanol–water partition coefficient (Wildman–Crippen LogP) is 4.23. The first-order valence-corrected chi connectivity index (χ1v) is 7.61. The maximum absolute atomic E-state index is 5.69. The van der Waals surface area contributed by atoms with Gasteiger partial charge < -0.3 is 9.73 Å². The number of furan rings is 1. The molecule has 100 valence electrons. The predicted molar refractivity (Wildman–Crippen MR) is 80.4 cm³/mol. The summed E-state index contributed by atoms with van der Waals surface area (Å²) in [4.78, 5) is 0. The van der Waals surface area contributed by atoms with Crippen LogP contribution in [0.5, 0.6) is 0 Å². The van der Waals surface area contributed by atoms with Crippen LogP contribution in [0.3, 0.4) is 0 Å². The molecule has 0 aliphatic heterocycles. The first-order valence-electron chi connectivity index (χ1n) is 6.82. The van der Waals surface area contributed by atoms with Crippen molar-refractivity contribution in [3.63, 3.8) is 0 Å². The van der Waals surface area contributed by atoms with E-state index in [2.05, 4.69) is 39.4 Å². The van der Waals surface area contributed by atoms with Crippen LogP contribution in [0.15, 0.2) is 39.4 Å². The van der Waals surface area contributed by atoms with E-state index < -0.39 is 0 Å². The molecule has 1 aliphatic carbocycles. The van der Waals surface area contributed by atoms with Gasteiger partial charge in [-0.3, -0.25) is 0 Å². The molecule has 3 heteroatoms. The summed E-state index contributed by atoms with van der Waals surface area (Å²) in [5.74, 6) is 0.949. The molecule has 0 radical (unpaired) electrons. The molecule has 3 rings (SSSR count). The molecule has 2 nitrogen and oxygen atoms in total. The van der Waals surface area contributed by atoms with E-state index in [0.29, 0.717) is 0 Å². The summed E-state index contributed by atoms with van der Waals surface area (Å²) < 4.78 is 6.47. The van der Waals surface area contributed by atoms with E-state index in [9.17, 15) is 0 Å². The van der Waals surface area contributed by atoms with Crippen molar-refractivity contribution in [1.29, 1.82) is 0 Å². The molecule has 1 unspecified atom stereocenters. The van der Waals surface area contributed by atoms with E-state index in [-0.39, 0.29) is 6.04 Å². The van der Waals surface area contributed by atoms with Crippen LogP contribution in [0.1, 0.15) is 41.3 Å². The molecule has 1 atom stereocenters. The Morgan fingerprint density at radius 3 is 2.58 bits per heavy atom. The lowest BCUT2D eigenvalue weighted by atomic mass is 9.89. The Morgan fingerprint density at radius 1 is 1.11 bits per heavy atom. The minimum absolute atomic E-state index is 0.124. The molecule has 0 amide bonds. The Kier molecular flexibility index (Phi) is 3.76. The summed E-state index contributed by atoms with van der Waals surface area (Å²) in [5.41, 5.74) is 4.31. The number of benzene rings is 1. The fourth-order valence-corrected chi connectivity index (χ4v) is 3.21. The van der Waals surface area contributed by atoms with E-state index in [4.69, 9.17) is 4.42 Å². The van der Waals surface area contributed by atoms with E-state index >= 15 is 0 Å². The van der Waals surface area contributed by atoms with Crippen LogP contribution in [-0.4, -0.2) is 7.05 Å². The second-order valence-corrected chi connectivity index (χ2v) is 5.88. The maximum Gasteiger partial charge on any atom is 0.169 e. The Hall–Kier alpha value is -1.06. The van der Waals surface area contributed by atoms with E-state index in [1.165, 1.54) is 42.4 Å². The van der Waals surface area contributed by atoms with Gasteiger partial charge in [0.2, 0.25) is 0 Å². The highest BCUT2D eigenvalue weighted by molar-refractivity contribution is 9.10. The molecule has 0 spiro atoms. The second kappa shape index (κ2) is 5.51. The maximum atomic E-state index is 5.69. The van der Waals surface area contributed by atoms with Gasteiger partial charge in [-0.2, -0.15) is 0 Å². The van der Waals surface area contributed by atoms with Crippen LogP contribution in [0.25, 0.3) is 0 Å². The van der Waals surface area contributed by atoms with E-state index in [1.807, 2.05) is 19.2 Å². The third-order valence-corrected chi connectivity index (χ3v) is 4.30. The molecule has 2 aromatic rings. The lowest BCUT2D eigenvalue weighted by Gasteiger charge is -2.20. The number of rotatable bonds is 3. The zero-order valence-electron chi connectivity index (χ0n) is 11.1. The van der Waals surface area contributed by atoms with Crippen LogP contribution in [-0.2, 0) is 12.8 Å². The Labute approximate surface area is 122 Å². The molecule has 1 N–H and O–H groups in total. The zero-order valence-corrected chi connectivity index (χ0v) is 12.7. The molecule has 19 heavy (non-hydrogen) atoms. The molecule has 0 bridgehead atoms. The monoisotopic (exact) mass is 319 g/mol. The normalized spacial score (nSPS) is 16.1. The van der Waals surface area contributed by atoms with Crippen molar-refractivity contribution < 1.29 is 4.42 Å². The Bertz CT molecular complexity index is 576. The molecular weight excluding hydrogens is 302 g/mol. The van der Waals surface area contributed by atoms with E-state index in [0.717, 1.165) is 10.4 Å². The first kappa shape index (κ1) is 12.9. The summed E-state index contributed by atoms with van der Waals surface area (Å²) in [6.07, 6.45) is 5.08. The highest BCUT2D eigenvalue weighted by atomic mass is 79.9. The smallest absolute Gasteiger partial charge is 0.169 e. The summed E-state index contributed by atoms with van der Waals surface area (Å²) >= 11 is 3.37. The number of hydrogen-bond acceptors (Lipinski definition) is 2. The van der Waals surface area contributed by atoms with Crippen molar-refractivity contribution >= 4 is 15.9 Å². The van der Waals surface area contributed by atoms with Gasteiger partial charge in [0.1, 0.15) is 5.76 Å². The molecule has 0 saturated heterocycles. The minimum atomic E-state index is 0.124. The fraction of sp³-hybridized carbons (Fsp3) is 0.375. The number of hydrogen-bond donors (Lipinski definition) is 1. The summed E-state index contributed by atoms with van der Waals surface area (Å²) in [5, 5.41) is 3.34. The van der Waals surface area contributed by atoms with Gasteiger partial charge in [-0.25, -0.2) is 0 Å². The number of nitrogens with one attached hydrogen (secondary N) is 1. The number of aryl methyl sites for hydroxylation is 2. The number of fused-ring (bicyclic) bond motifs is 1. The van der Waals surface area contributed by atoms with Crippen molar-refractivity contribution in [2.45, 2.75) is 31.7 Å². The van der Waals surface area contributed by atoms with Crippen molar-refractivity contribution in [3.8, 4) is 0 Å². The average Bonchev–Trinajstić information content (AvgIpc) is 2.86. The summed E-state index contributed by atoms with van der Waals surface area (Å²) in [7, 11) is 1.97. The van der Waals surface area contributed by atoms with Gasteiger partial charge in [-0.15, -0.1) is 0 Å². The molecule has 0 saturated carbocycles. The largest absolute Gasteiger partial charge is 0.452 e. The SMILES string of the molecule is CNC(c1ccc2c(c1)CCCC2)c1ccc(Br)o1. The van der Waals surface area contributed by atoms with Gasteiger partial charge in [0.15, 0.2) is 4.67 Å². The Balaban J connectivity index is 1.95. The minimum Gasteiger partial charge on any atom is -0.452 e. The molecule has 1 heterocycles. The average molecular weight is 320 g/mol. The second-order valence-electron chi connectivity index (χ2n) is 5.10. The van der Waals surface area contributed by atoms with Crippen LogP contribution < -0.4 is 5.32 Å². The van der Waals surface area contributed by atoms with Gasteiger partial charge >= 0.3 is 0 Å². The fourth-order valence-electron chi connectivity index (χ4n) is 2.89. The van der Waals surface area contributed by atoms with Crippen LogP contribution in [0, 0.1) is 0 Å². The number of halogens is 1. The quantitative estimate of drug-likeness (QED) is 0.915. The summed E-state index contributed by atoms with van der Waals surface area (Å²) in [6, 6.07) is 10.9. The van der Waals surface area contributed by atoms with E-state index in [1.54, 1.807) is 0 Å². The lowest BCUT2D eigenvalue weighted by molar-refractivity contribution is 0.447. The molecule has 1 aromatic carbocycles. The third kappa shape index (κ3) is 2.63. The highest BCUT2D eigenvalue weighted by Gasteiger charge is 2.18. The molecular formula is C16H18BrNO. The molecule has 0 fully saturated rings. The van der Waals surface area contributed by atoms with Gasteiger partial charge in [0.25, 0.3) is 0 Å². The van der Waals surface area contributed by atoms with Crippen LogP contribution in [0.2, 0.25) is 0 Å². The first-order chi connectivity index (χ1) is 9.28. The summed E-state index contributed by atoms with van der Waals surface area (Å²) in [6.45, 7) is 0. The lowest BCUT2D eigenvalue weighted by Crippen LogP contribution is -2.17. The van der Waals surface area contributed by atoms with Gasteiger partial charge in [-0.1, -0.05) is 18.2 Å². The highest BCUT2D eigenvalue weighted by Crippen LogP contribution is 2.29.